The Kier molecular flexibility index (Phi) is 5.79. The van der Waals surface area contributed by atoms with E-state index in [1.807, 2.05) is 19.1 Å². The van der Waals surface area contributed by atoms with E-state index in [2.05, 4.69) is 53.1 Å². The van der Waals surface area contributed by atoms with Crippen molar-refractivity contribution in [1.29, 1.82) is 0 Å². The molecule has 114 valence electrons. The molecule has 0 saturated carbocycles. The molecule has 0 aliphatic heterocycles. The van der Waals surface area contributed by atoms with Crippen molar-refractivity contribution < 1.29 is 4.74 Å². The van der Waals surface area contributed by atoms with Crippen molar-refractivity contribution in [2.45, 2.75) is 46.9 Å². The summed E-state index contributed by atoms with van der Waals surface area (Å²) in [5.41, 5.74) is 2.30. The maximum Gasteiger partial charge on any atom is 0.140 e. The summed E-state index contributed by atoms with van der Waals surface area (Å²) in [6, 6.07) is 6.55. The average Bonchev–Trinajstić information content (AvgIpc) is 2.75. The van der Waals surface area contributed by atoms with Gasteiger partial charge in [0.25, 0.3) is 0 Å². The van der Waals surface area contributed by atoms with Gasteiger partial charge < -0.3 is 10.1 Å². The molecule has 21 heavy (non-hydrogen) atoms. The lowest BCUT2D eigenvalue weighted by Crippen LogP contribution is -2.22. The zero-order valence-corrected chi connectivity index (χ0v) is 15.3. The van der Waals surface area contributed by atoms with Gasteiger partial charge >= 0.3 is 0 Å². The van der Waals surface area contributed by atoms with Gasteiger partial charge in [-0.15, -0.1) is 11.3 Å². The summed E-state index contributed by atoms with van der Waals surface area (Å²) < 4.78 is 6.96. The van der Waals surface area contributed by atoms with Crippen molar-refractivity contribution in [1.82, 2.24) is 10.3 Å². The third-order valence-corrected chi connectivity index (χ3v) is 4.97. The fourth-order valence-electron chi connectivity index (χ4n) is 1.84. The van der Waals surface area contributed by atoms with Crippen molar-refractivity contribution in [3.8, 4) is 5.75 Å². The lowest BCUT2D eigenvalue weighted by Gasteiger charge is -2.12. The van der Waals surface area contributed by atoms with Crippen LogP contribution in [-0.2, 0) is 13.2 Å². The van der Waals surface area contributed by atoms with Crippen LogP contribution in [0, 0.1) is 13.8 Å². The fraction of sp³-hybridized carbons (Fsp3) is 0.438. The Labute approximate surface area is 138 Å². The average molecular weight is 369 g/mol. The normalized spacial score (nSPS) is 11.1. The van der Waals surface area contributed by atoms with Gasteiger partial charge in [0.15, 0.2) is 0 Å². The maximum absolute atomic E-state index is 5.86. The van der Waals surface area contributed by atoms with Crippen LogP contribution in [0.4, 0.5) is 0 Å². The Morgan fingerprint density at radius 1 is 1.33 bits per heavy atom. The molecular weight excluding hydrogens is 348 g/mol. The number of thiazole rings is 1. The number of halogens is 1. The number of aryl methyl sites for hydroxylation is 2. The van der Waals surface area contributed by atoms with E-state index in [4.69, 9.17) is 4.74 Å². The van der Waals surface area contributed by atoms with Gasteiger partial charge in [-0.2, -0.15) is 0 Å². The number of nitrogens with one attached hydrogen (secondary N) is 1. The van der Waals surface area contributed by atoms with Crippen LogP contribution in [0.2, 0.25) is 0 Å². The molecule has 0 bridgehead atoms. The van der Waals surface area contributed by atoms with Crippen LogP contribution in [0.5, 0.6) is 5.75 Å². The molecule has 1 N–H and O–H groups in total. The second-order valence-electron chi connectivity index (χ2n) is 5.33. The van der Waals surface area contributed by atoms with E-state index >= 15 is 0 Å². The van der Waals surface area contributed by atoms with Crippen molar-refractivity contribution >= 4 is 27.3 Å². The van der Waals surface area contributed by atoms with E-state index < -0.39 is 0 Å². The minimum atomic E-state index is 0.461. The van der Waals surface area contributed by atoms with Gasteiger partial charge in [-0.25, -0.2) is 4.98 Å². The number of benzene rings is 1. The Hall–Kier alpha value is -0.910. The minimum Gasteiger partial charge on any atom is -0.486 e. The molecule has 0 saturated heterocycles. The van der Waals surface area contributed by atoms with Crippen LogP contribution < -0.4 is 10.1 Å². The van der Waals surface area contributed by atoms with Gasteiger partial charge in [-0.1, -0.05) is 29.8 Å². The highest BCUT2D eigenvalue weighted by Crippen LogP contribution is 2.24. The number of ether oxygens (including phenoxy) is 1. The summed E-state index contributed by atoms with van der Waals surface area (Å²) in [6.45, 7) is 9.75. The molecule has 0 radical (unpaired) electrons. The standard InChI is InChI=1S/C16H21BrN2OS/c1-10(2)18-8-13-7-14(5-6-15(13)17)20-9-16-19-11(3)12(4)21-16/h5-7,10,18H,8-9H2,1-4H3. The van der Waals surface area contributed by atoms with Crippen molar-refractivity contribution in [3.05, 3.63) is 43.8 Å². The van der Waals surface area contributed by atoms with E-state index in [0.717, 1.165) is 27.5 Å². The molecule has 0 spiro atoms. The summed E-state index contributed by atoms with van der Waals surface area (Å²) in [4.78, 5) is 5.75. The summed E-state index contributed by atoms with van der Waals surface area (Å²) in [5, 5.41) is 4.44. The summed E-state index contributed by atoms with van der Waals surface area (Å²) in [7, 11) is 0. The molecule has 3 nitrogen and oxygen atoms in total. The second-order valence-corrected chi connectivity index (χ2v) is 7.47. The molecular formula is C16H21BrN2OS. The van der Waals surface area contributed by atoms with Crippen LogP contribution in [-0.4, -0.2) is 11.0 Å². The first-order valence-corrected chi connectivity index (χ1v) is 8.64. The second kappa shape index (κ2) is 7.38. The van der Waals surface area contributed by atoms with E-state index in [9.17, 15) is 0 Å². The van der Waals surface area contributed by atoms with E-state index in [0.29, 0.717) is 12.6 Å². The highest BCUT2D eigenvalue weighted by atomic mass is 79.9. The molecule has 0 aliphatic carbocycles. The minimum absolute atomic E-state index is 0.461. The van der Waals surface area contributed by atoms with Crippen molar-refractivity contribution in [3.63, 3.8) is 0 Å². The molecule has 5 heteroatoms. The quantitative estimate of drug-likeness (QED) is 0.808. The smallest absolute Gasteiger partial charge is 0.140 e. The monoisotopic (exact) mass is 368 g/mol. The first-order valence-electron chi connectivity index (χ1n) is 7.03. The fourth-order valence-corrected chi connectivity index (χ4v) is 3.07. The van der Waals surface area contributed by atoms with Crippen LogP contribution in [0.3, 0.4) is 0 Å². The molecule has 2 rings (SSSR count). The zero-order valence-electron chi connectivity index (χ0n) is 12.9. The Morgan fingerprint density at radius 3 is 2.71 bits per heavy atom. The van der Waals surface area contributed by atoms with Gasteiger partial charge in [0.1, 0.15) is 17.4 Å². The van der Waals surface area contributed by atoms with Gasteiger partial charge in [0, 0.05) is 21.9 Å². The van der Waals surface area contributed by atoms with Crippen LogP contribution >= 0.6 is 27.3 Å². The molecule has 0 unspecified atom stereocenters. The predicted molar refractivity (Wildman–Crippen MR) is 92.0 cm³/mol. The molecule has 2 aromatic rings. The van der Waals surface area contributed by atoms with Gasteiger partial charge in [-0.3, -0.25) is 0 Å². The van der Waals surface area contributed by atoms with Crippen LogP contribution in [0.25, 0.3) is 0 Å². The van der Waals surface area contributed by atoms with Crippen LogP contribution in [0.1, 0.15) is 35.0 Å². The first kappa shape index (κ1) is 16.5. The molecule has 1 heterocycles. The number of aromatic nitrogens is 1. The first-order chi connectivity index (χ1) is 9.95. The summed E-state index contributed by atoms with van der Waals surface area (Å²) in [6.07, 6.45) is 0. The molecule has 1 aromatic carbocycles. The largest absolute Gasteiger partial charge is 0.486 e. The lowest BCUT2D eigenvalue weighted by atomic mass is 10.2. The highest BCUT2D eigenvalue weighted by Gasteiger charge is 2.07. The SMILES string of the molecule is Cc1nc(COc2ccc(Br)c(CNC(C)C)c2)sc1C. The van der Waals surface area contributed by atoms with Gasteiger partial charge in [0.05, 0.1) is 5.69 Å². The third kappa shape index (κ3) is 4.80. The molecule has 1 aromatic heterocycles. The van der Waals surface area contributed by atoms with E-state index in [1.165, 1.54) is 10.4 Å². The number of hydrogen-bond donors (Lipinski definition) is 1. The van der Waals surface area contributed by atoms with Crippen molar-refractivity contribution in [2.24, 2.45) is 0 Å². The van der Waals surface area contributed by atoms with E-state index in [-0.39, 0.29) is 0 Å². The molecule has 0 fully saturated rings. The van der Waals surface area contributed by atoms with Gasteiger partial charge in [0.2, 0.25) is 0 Å². The highest BCUT2D eigenvalue weighted by molar-refractivity contribution is 9.10. The zero-order chi connectivity index (χ0) is 15.4. The molecule has 0 aliphatic rings. The Bertz CT molecular complexity index is 591. The lowest BCUT2D eigenvalue weighted by molar-refractivity contribution is 0.305. The maximum atomic E-state index is 5.86. The van der Waals surface area contributed by atoms with Crippen LogP contribution in [0.15, 0.2) is 22.7 Å². The Balaban J connectivity index is 2.01. The molecule has 0 atom stereocenters. The molecule has 0 amide bonds. The predicted octanol–water partition coefficient (Wildman–Crippen LogP) is 4.60. The van der Waals surface area contributed by atoms with Gasteiger partial charge in [-0.05, 0) is 37.6 Å². The van der Waals surface area contributed by atoms with Crippen molar-refractivity contribution in [2.75, 3.05) is 0 Å². The number of rotatable bonds is 6. The third-order valence-electron chi connectivity index (χ3n) is 3.15. The van der Waals surface area contributed by atoms with E-state index in [1.54, 1.807) is 11.3 Å². The summed E-state index contributed by atoms with van der Waals surface area (Å²) >= 11 is 5.28. The Morgan fingerprint density at radius 2 is 2.10 bits per heavy atom. The topological polar surface area (TPSA) is 34.1 Å². The number of nitrogens with zero attached hydrogens (tertiary/aromatic N) is 1. The number of hydrogen-bond acceptors (Lipinski definition) is 4. The summed E-state index contributed by atoms with van der Waals surface area (Å²) in [5.74, 6) is 0.879.